The van der Waals surface area contributed by atoms with Crippen LogP contribution in [0, 0.1) is 33.0 Å². The van der Waals surface area contributed by atoms with Crippen LogP contribution < -0.4 is 0 Å². The molecule has 6 rings (SSSR count). The van der Waals surface area contributed by atoms with Gasteiger partial charge in [-0.1, -0.05) is 45.4 Å². The molecule has 0 unspecified atom stereocenters. The lowest BCUT2D eigenvalue weighted by molar-refractivity contribution is -0.205. The molecule has 1 heterocycles. The predicted molar refractivity (Wildman–Crippen MR) is 153 cm³/mol. The van der Waals surface area contributed by atoms with E-state index in [9.17, 15) is 24.3 Å². The smallest absolute Gasteiger partial charge is 0.338 e. The van der Waals surface area contributed by atoms with E-state index in [1.165, 1.54) is 5.57 Å². The van der Waals surface area contributed by atoms with Gasteiger partial charge in [0.1, 0.15) is 0 Å². The van der Waals surface area contributed by atoms with Gasteiger partial charge in [0.25, 0.3) is 11.8 Å². The number of aliphatic hydroxyl groups excluding tert-OH is 1. The van der Waals surface area contributed by atoms with Crippen molar-refractivity contribution in [1.29, 1.82) is 0 Å². The van der Waals surface area contributed by atoms with Crippen LogP contribution in [-0.4, -0.2) is 33.7 Å². The Hall–Kier alpha value is -2.96. The molecule has 0 radical (unpaired) electrons. The number of ketones is 1. The van der Waals surface area contributed by atoms with Crippen molar-refractivity contribution in [3.63, 3.8) is 0 Å². The normalized spacial score (nSPS) is 42.3. The van der Waals surface area contributed by atoms with Crippen LogP contribution in [0.25, 0.3) is 0 Å². The number of rotatable bonds is 2. The van der Waals surface area contributed by atoms with Gasteiger partial charge in [0.05, 0.1) is 5.41 Å². The lowest BCUT2D eigenvalue weighted by Gasteiger charge is -2.68. The van der Waals surface area contributed by atoms with Crippen molar-refractivity contribution in [3.05, 3.63) is 46.3 Å². The van der Waals surface area contributed by atoms with Crippen molar-refractivity contribution in [3.8, 4) is 0 Å². The molecule has 3 saturated carbocycles. The molecular formula is C34H43NO6. The molecule has 7 nitrogen and oxygen atoms in total. The molecule has 41 heavy (non-hydrogen) atoms. The van der Waals surface area contributed by atoms with Gasteiger partial charge in [-0.25, -0.2) is 4.79 Å². The maximum absolute atomic E-state index is 13.5. The van der Waals surface area contributed by atoms with Gasteiger partial charge in [-0.15, -0.1) is 5.06 Å². The summed E-state index contributed by atoms with van der Waals surface area (Å²) in [7, 11) is 0. The van der Waals surface area contributed by atoms with E-state index in [1.807, 2.05) is 13.8 Å². The Kier molecular flexibility index (Phi) is 6.03. The summed E-state index contributed by atoms with van der Waals surface area (Å²) in [5.41, 5.74) is 2.96. The van der Waals surface area contributed by atoms with Crippen molar-refractivity contribution in [1.82, 2.24) is 5.06 Å². The first-order valence-electron chi connectivity index (χ1n) is 15.3. The molecular weight excluding hydrogens is 518 g/mol. The van der Waals surface area contributed by atoms with E-state index in [-0.39, 0.29) is 46.0 Å². The summed E-state index contributed by atoms with van der Waals surface area (Å²) in [6, 6.07) is 0. The second kappa shape index (κ2) is 8.78. The molecule has 0 spiro atoms. The summed E-state index contributed by atoms with van der Waals surface area (Å²) >= 11 is 0. The second-order valence-corrected chi connectivity index (χ2v) is 14.9. The van der Waals surface area contributed by atoms with E-state index < -0.39 is 23.2 Å². The lowest BCUT2D eigenvalue weighted by atomic mass is 9.36. The van der Waals surface area contributed by atoms with Gasteiger partial charge in [-0.3, -0.25) is 14.4 Å². The molecule has 4 fully saturated rings. The highest BCUT2D eigenvalue weighted by Gasteiger charge is 2.66. The fourth-order valence-corrected chi connectivity index (χ4v) is 9.74. The number of amides is 2. The lowest BCUT2D eigenvalue weighted by Crippen LogP contribution is -2.59. The van der Waals surface area contributed by atoms with Crippen LogP contribution in [0.1, 0.15) is 106 Å². The molecule has 0 aromatic rings. The zero-order chi connectivity index (χ0) is 29.8. The number of hydrogen-bond acceptors (Lipinski definition) is 6. The topological polar surface area (TPSA) is 101 Å². The maximum atomic E-state index is 13.5. The Balaban J connectivity index is 1.33. The van der Waals surface area contributed by atoms with Crippen LogP contribution in [-0.2, 0) is 24.0 Å². The predicted octanol–water partition coefficient (Wildman–Crippen LogP) is 6.61. The van der Waals surface area contributed by atoms with Gasteiger partial charge in [0.15, 0.2) is 5.76 Å². The minimum Gasteiger partial charge on any atom is -0.504 e. The molecule has 7 heteroatoms. The summed E-state index contributed by atoms with van der Waals surface area (Å²) in [4.78, 5) is 55.9. The average molecular weight is 562 g/mol. The van der Waals surface area contributed by atoms with Crippen LogP contribution in [0.4, 0.5) is 0 Å². The van der Waals surface area contributed by atoms with Crippen LogP contribution in [0.5, 0.6) is 0 Å². The van der Waals surface area contributed by atoms with Gasteiger partial charge in [-0.2, -0.15) is 0 Å². The van der Waals surface area contributed by atoms with Crippen molar-refractivity contribution in [2.45, 2.75) is 106 Å². The first-order valence-corrected chi connectivity index (χ1v) is 15.3. The first kappa shape index (κ1) is 28.2. The number of allylic oxidation sites excluding steroid dienone is 7. The van der Waals surface area contributed by atoms with Gasteiger partial charge < -0.3 is 9.94 Å². The third-order valence-corrected chi connectivity index (χ3v) is 12.9. The largest absolute Gasteiger partial charge is 0.504 e. The zero-order valence-corrected chi connectivity index (χ0v) is 25.3. The van der Waals surface area contributed by atoms with Crippen LogP contribution in [0.15, 0.2) is 46.3 Å². The molecule has 1 saturated heterocycles. The standard InChI is InChI=1S/C34H43NO6/c1-20-21-7-8-25-32(4,22(21)19-23(36)28(20)39)16-18-33(5)24-11-12-31(3,14-13-30(24,2)15-17-34(25,33)6)29(40)41-35-26(37)9-10-27(35)38/h7-8,19,24,39H,9-18H2,1-6H3/t24-,30+,31-,32-,33-,34+/m0/s1. The Morgan fingerprint density at radius 3 is 2.24 bits per heavy atom. The summed E-state index contributed by atoms with van der Waals surface area (Å²) < 4.78 is 0. The highest BCUT2D eigenvalue weighted by Crippen LogP contribution is 2.74. The van der Waals surface area contributed by atoms with Gasteiger partial charge in [0, 0.05) is 23.8 Å². The van der Waals surface area contributed by atoms with Gasteiger partial charge >= 0.3 is 5.97 Å². The zero-order valence-electron chi connectivity index (χ0n) is 25.3. The molecule has 1 aliphatic heterocycles. The molecule has 0 aromatic carbocycles. The number of hydrogen-bond donors (Lipinski definition) is 1. The molecule has 5 aliphatic carbocycles. The Morgan fingerprint density at radius 1 is 0.902 bits per heavy atom. The summed E-state index contributed by atoms with van der Waals surface area (Å²) in [6.07, 6.45) is 13.3. The minimum atomic E-state index is -0.764. The minimum absolute atomic E-state index is 0.0149. The van der Waals surface area contributed by atoms with Crippen molar-refractivity contribution < 1.29 is 29.1 Å². The van der Waals surface area contributed by atoms with Crippen LogP contribution >= 0.6 is 0 Å². The van der Waals surface area contributed by atoms with E-state index in [2.05, 4.69) is 39.8 Å². The van der Waals surface area contributed by atoms with Gasteiger partial charge in [-0.05, 0) is 105 Å². The van der Waals surface area contributed by atoms with E-state index in [0.29, 0.717) is 29.4 Å². The number of fused-ring (bicyclic) bond motifs is 7. The SMILES string of the molecule is CC1=C(O)C(=O)C=C2C1=CC=C1[C@@]2(C)CC[C@@]2(C)[C@H]3CC[C@](C)(C(=O)ON4C(=O)CCC4=O)CC[C@]3(C)CC[C@]12C. The molecule has 0 aromatic heterocycles. The molecule has 0 bridgehead atoms. The average Bonchev–Trinajstić information content (AvgIpc) is 3.15. The Labute approximate surface area is 242 Å². The number of carbonyl (C=O) groups excluding carboxylic acids is 4. The summed E-state index contributed by atoms with van der Waals surface area (Å²) in [5, 5.41) is 11.1. The van der Waals surface area contributed by atoms with E-state index >= 15 is 0 Å². The monoisotopic (exact) mass is 561 g/mol. The van der Waals surface area contributed by atoms with Gasteiger partial charge in [0.2, 0.25) is 5.78 Å². The van der Waals surface area contributed by atoms with Crippen molar-refractivity contribution in [2.75, 3.05) is 0 Å². The molecule has 2 amide bonds. The third-order valence-electron chi connectivity index (χ3n) is 12.9. The Morgan fingerprint density at radius 2 is 1.56 bits per heavy atom. The highest BCUT2D eigenvalue weighted by atomic mass is 16.7. The van der Waals surface area contributed by atoms with E-state index in [1.54, 1.807) is 6.08 Å². The highest BCUT2D eigenvalue weighted by molar-refractivity contribution is 6.06. The van der Waals surface area contributed by atoms with Crippen molar-refractivity contribution in [2.24, 2.45) is 33.0 Å². The van der Waals surface area contributed by atoms with Crippen LogP contribution in [0.2, 0.25) is 0 Å². The molecule has 220 valence electrons. The molecule has 6 atom stereocenters. The summed E-state index contributed by atoms with van der Waals surface area (Å²) in [5.74, 6) is -1.44. The number of nitrogens with zero attached hydrogens (tertiary/aromatic N) is 1. The van der Waals surface area contributed by atoms with E-state index in [4.69, 9.17) is 4.84 Å². The fraction of sp³-hybridized carbons (Fsp3) is 0.647. The van der Waals surface area contributed by atoms with Crippen LogP contribution in [0.3, 0.4) is 0 Å². The van der Waals surface area contributed by atoms with E-state index in [0.717, 1.165) is 49.7 Å². The number of imide groups is 1. The Bertz CT molecular complexity index is 1400. The maximum Gasteiger partial charge on any atom is 0.338 e. The third kappa shape index (κ3) is 3.69. The number of aliphatic hydroxyl groups is 1. The second-order valence-electron chi connectivity index (χ2n) is 14.9. The van der Waals surface area contributed by atoms with Crippen molar-refractivity contribution >= 4 is 23.6 Å². The quantitative estimate of drug-likeness (QED) is 0.381. The summed E-state index contributed by atoms with van der Waals surface area (Å²) in [6.45, 7) is 13.3. The molecule has 1 N–H and O–H groups in total. The molecule has 6 aliphatic rings. The number of hydroxylamine groups is 2. The first-order chi connectivity index (χ1) is 19.1. The number of carbonyl (C=O) groups is 4. The fourth-order valence-electron chi connectivity index (χ4n) is 9.74.